The van der Waals surface area contributed by atoms with E-state index < -0.39 is 61.5 Å². The molecule has 2 aromatic carbocycles. The molecule has 1 saturated carbocycles. The monoisotopic (exact) mass is 511 g/mol. The molecule has 1 aliphatic carbocycles. The van der Waals surface area contributed by atoms with Gasteiger partial charge in [-0.3, -0.25) is 4.72 Å². The molecule has 5 nitrogen and oxygen atoms in total. The molecule has 2 aromatic rings. The van der Waals surface area contributed by atoms with Crippen LogP contribution in [0.1, 0.15) is 24.8 Å². The summed E-state index contributed by atoms with van der Waals surface area (Å²) < 4.78 is 88.4. The zero-order valence-corrected chi connectivity index (χ0v) is 18.7. The summed E-state index contributed by atoms with van der Waals surface area (Å²) >= 11 is 6.01. The normalized spacial score (nSPS) is 27.5. The molecule has 3 atom stereocenters. The number of aliphatic hydroxyl groups is 1. The minimum Gasteiger partial charge on any atom is -0.487 e. The van der Waals surface area contributed by atoms with Crippen molar-refractivity contribution in [1.29, 1.82) is 0 Å². The molecule has 2 aliphatic rings. The van der Waals surface area contributed by atoms with Crippen LogP contribution in [0.2, 0.25) is 5.02 Å². The maximum absolute atomic E-state index is 15.1. The number of alkyl halides is 2. The van der Waals surface area contributed by atoms with Gasteiger partial charge in [-0.15, -0.1) is 0 Å². The first kappa shape index (κ1) is 23.6. The molecule has 1 aliphatic heterocycles. The standard InChI is InChI=1S/C20H18ClF4NO4S2/c21-11-1-3-13(4-2-11)32(28,29)20-8-7-12(26-31-18(24)25)9-19(20,27)10-30-17-15(23)6-5-14(22)16(17)20/h1-6,12,18,26-27H,7-10H2/t12-,19+,20?/m1/s1. The van der Waals surface area contributed by atoms with Crippen LogP contribution in [0.25, 0.3) is 0 Å². The fraction of sp³-hybridized carbons (Fsp3) is 0.400. The van der Waals surface area contributed by atoms with E-state index in [4.69, 9.17) is 16.3 Å². The van der Waals surface area contributed by atoms with Crippen LogP contribution >= 0.6 is 23.5 Å². The average Bonchev–Trinajstić information content (AvgIpc) is 2.74. The summed E-state index contributed by atoms with van der Waals surface area (Å²) in [7, 11) is -4.54. The summed E-state index contributed by atoms with van der Waals surface area (Å²) in [6, 6.07) is 5.98. The molecule has 0 aromatic heterocycles. The zero-order valence-electron chi connectivity index (χ0n) is 16.3. The van der Waals surface area contributed by atoms with Gasteiger partial charge < -0.3 is 9.84 Å². The van der Waals surface area contributed by atoms with Crippen LogP contribution in [-0.2, 0) is 14.6 Å². The van der Waals surface area contributed by atoms with E-state index >= 15 is 4.39 Å². The number of ether oxygens (including phenoxy) is 1. The molecule has 0 amide bonds. The Morgan fingerprint density at radius 1 is 1.16 bits per heavy atom. The van der Waals surface area contributed by atoms with Gasteiger partial charge >= 0.3 is 0 Å². The second-order valence-electron chi connectivity index (χ2n) is 7.77. The third-order valence-electron chi connectivity index (χ3n) is 6.01. The van der Waals surface area contributed by atoms with Gasteiger partial charge in [-0.2, -0.15) is 8.78 Å². The van der Waals surface area contributed by atoms with Crippen molar-refractivity contribution in [3.05, 3.63) is 58.6 Å². The van der Waals surface area contributed by atoms with Crippen LogP contribution in [0.5, 0.6) is 5.75 Å². The summed E-state index contributed by atoms with van der Waals surface area (Å²) in [5.74, 6) is -5.34. The molecule has 0 spiro atoms. The number of hydrogen-bond acceptors (Lipinski definition) is 6. The van der Waals surface area contributed by atoms with E-state index in [2.05, 4.69) is 4.72 Å². The lowest BCUT2D eigenvalue weighted by Gasteiger charge is -2.54. The number of hydrogen-bond donors (Lipinski definition) is 2. The second kappa shape index (κ2) is 8.35. The molecule has 0 saturated heterocycles. The molecule has 32 heavy (non-hydrogen) atoms. The highest BCUT2D eigenvalue weighted by molar-refractivity contribution is 7.97. The average molecular weight is 512 g/mol. The first-order chi connectivity index (χ1) is 15.0. The van der Waals surface area contributed by atoms with E-state index in [1.807, 2.05) is 0 Å². The van der Waals surface area contributed by atoms with Crippen molar-refractivity contribution in [2.24, 2.45) is 0 Å². The van der Waals surface area contributed by atoms with Crippen molar-refractivity contribution in [2.75, 3.05) is 6.61 Å². The highest BCUT2D eigenvalue weighted by Gasteiger charge is 2.67. The topological polar surface area (TPSA) is 75.6 Å². The maximum Gasteiger partial charge on any atom is 0.297 e. The molecule has 2 N–H and O–H groups in total. The number of rotatable bonds is 5. The molecule has 0 bridgehead atoms. The lowest BCUT2D eigenvalue weighted by Crippen LogP contribution is -2.66. The Hall–Kier alpha value is -1.53. The predicted octanol–water partition coefficient (Wildman–Crippen LogP) is 4.42. The van der Waals surface area contributed by atoms with Crippen molar-refractivity contribution in [3.63, 3.8) is 0 Å². The molecule has 174 valence electrons. The van der Waals surface area contributed by atoms with Gasteiger partial charge in [-0.05, 0) is 67.6 Å². The Labute approximate surface area is 191 Å². The first-order valence-electron chi connectivity index (χ1n) is 9.55. The van der Waals surface area contributed by atoms with Crippen LogP contribution in [0.3, 0.4) is 0 Å². The number of fused-ring (bicyclic) bond motifs is 3. The molecular formula is C20H18ClF4NO4S2. The van der Waals surface area contributed by atoms with Gasteiger partial charge in [-0.1, -0.05) is 11.6 Å². The van der Waals surface area contributed by atoms with Crippen molar-refractivity contribution in [2.45, 2.75) is 46.3 Å². The van der Waals surface area contributed by atoms with Crippen LogP contribution in [0, 0.1) is 11.6 Å². The van der Waals surface area contributed by atoms with E-state index in [0.717, 1.165) is 12.1 Å². The molecule has 1 fully saturated rings. The molecule has 12 heteroatoms. The van der Waals surface area contributed by atoms with Crippen LogP contribution in [-0.4, -0.2) is 37.5 Å². The van der Waals surface area contributed by atoms with Crippen LogP contribution < -0.4 is 9.46 Å². The van der Waals surface area contributed by atoms with Gasteiger partial charge in [0.2, 0.25) is 0 Å². The Balaban J connectivity index is 1.92. The smallest absolute Gasteiger partial charge is 0.297 e. The van der Waals surface area contributed by atoms with Gasteiger partial charge in [0.1, 0.15) is 22.8 Å². The summed E-state index contributed by atoms with van der Waals surface area (Å²) in [5, 5.41) is 11.9. The Bertz CT molecular complexity index is 1140. The SMILES string of the molecule is O=S(=O)(c1ccc(Cl)cc1)C12CC[C@@H](NSC(F)F)C[C@]1(O)COc1c(F)ccc(F)c12. The minimum absolute atomic E-state index is 0.00421. The molecular weight excluding hydrogens is 494 g/mol. The fourth-order valence-electron chi connectivity index (χ4n) is 4.64. The fourth-order valence-corrected chi connectivity index (χ4v) is 7.65. The van der Waals surface area contributed by atoms with E-state index in [-0.39, 0.29) is 41.1 Å². The van der Waals surface area contributed by atoms with Crippen molar-refractivity contribution >= 4 is 33.4 Å². The minimum atomic E-state index is -4.54. The highest BCUT2D eigenvalue weighted by atomic mass is 35.5. The Morgan fingerprint density at radius 2 is 1.81 bits per heavy atom. The van der Waals surface area contributed by atoms with Crippen molar-refractivity contribution < 1.29 is 35.8 Å². The number of sulfone groups is 1. The van der Waals surface area contributed by atoms with Gasteiger partial charge in [0.05, 0.1) is 10.5 Å². The summed E-state index contributed by atoms with van der Waals surface area (Å²) in [5.41, 5.74) is -2.83. The zero-order chi connectivity index (χ0) is 23.3. The van der Waals surface area contributed by atoms with Gasteiger partial charge in [0, 0.05) is 11.1 Å². The maximum atomic E-state index is 15.1. The molecule has 1 unspecified atom stereocenters. The highest BCUT2D eigenvalue weighted by Crippen LogP contribution is 2.58. The van der Waals surface area contributed by atoms with Crippen molar-refractivity contribution in [3.8, 4) is 5.75 Å². The van der Waals surface area contributed by atoms with Gasteiger partial charge in [0.15, 0.2) is 21.4 Å². The number of nitrogens with one attached hydrogen (secondary N) is 1. The van der Waals surface area contributed by atoms with E-state index in [1.165, 1.54) is 24.3 Å². The first-order valence-corrected chi connectivity index (χ1v) is 12.3. The quantitative estimate of drug-likeness (QED) is 0.457. The lowest BCUT2D eigenvalue weighted by atomic mass is 9.68. The third kappa shape index (κ3) is 3.58. The van der Waals surface area contributed by atoms with Crippen LogP contribution in [0.15, 0.2) is 41.3 Å². The molecule has 4 rings (SSSR count). The molecule has 0 radical (unpaired) electrons. The summed E-state index contributed by atoms with van der Waals surface area (Å²) in [6.45, 7) is -0.662. The van der Waals surface area contributed by atoms with Crippen molar-refractivity contribution in [1.82, 2.24) is 4.72 Å². The predicted molar refractivity (Wildman–Crippen MR) is 111 cm³/mol. The van der Waals surface area contributed by atoms with E-state index in [1.54, 1.807) is 0 Å². The summed E-state index contributed by atoms with van der Waals surface area (Å²) in [6.07, 6.45) is -0.689. The number of halogens is 5. The third-order valence-corrected chi connectivity index (χ3v) is 9.50. The van der Waals surface area contributed by atoms with Crippen LogP contribution in [0.4, 0.5) is 17.6 Å². The Kier molecular flexibility index (Phi) is 6.17. The van der Waals surface area contributed by atoms with E-state index in [0.29, 0.717) is 0 Å². The summed E-state index contributed by atoms with van der Waals surface area (Å²) in [4.78, 5) is -0.245. The largest absolute Gasteiger partial charge is 0.487 e. The number of benzene rings is 2. The van der Waals surface area contributed by atoms with Gasteiger partial charge in [-0.25, -0.2) is 17.2 Å². The second-order valence-corrected chi connectivity index (χ2v) is 11.2. The van der Waals surface area contributed by atoms with E-state index in [9.17, 15) is 26.7 Å². The Morgan fingerprint density at radius 3 is 2.47 bits per heavy atom. The van der Waals surface area contributed by atoms with Gasteiger partial charge in [0.25, 0.3) is 5.76 Å². The lowest BCUT2D eigenvalue weighted by molar-refractivity contribution is -0.0887. The molecule has 1 heterocycles.